The third-order valence-electron chi connectivity index (χ3n) is 3.85. The largest absolute Gasteiger partial charge is 0.467 e. The van der Waals surface area contributed by atoms with Crippen molar-refractivity contribution < 1.29 is 17.5 Å². The predicted octanol–water partition coefficient (Wildman–Crippen LogP) is 3.02. The van der Waals surface area contributed by atoms with Crippen molar-refractivity contribution in [3.63, 3.8) is 0 Å². The molecule has 0 spiro atoms. The number of rotatable bonds is 5. The van der Waals surface area contributed by atoms with Crippen molar-refractivity contribution in [2.45, 2.75) is 32.3 Å². The number of sulfonamides is 1. The Morgan fingerprint density at radius 1 is 1.39 bits per heavy atom. The number of halogens is 1. The van der Waals surface area contributed by atoms with Crippen LogP contribution < -0.4 is 4.74 Å². The van der Waals surface area contributed by atoms with Crippen LogP contribution in [0.25, 0.3) is 10.2 Å². The molecular formula is C15H19FN2O3S2. The van der Waals surface area contributed by atoms with E-state index < -0.39 is 10.0 Å². The minimum Gasteiger partial charge on any atom is -0.467 e. The van der Waals surface area contributed by atoms with Crippen molar-refractivity contribution in [1.29, 1.82) is 0 Å². The van der Waals surface area contributed by atoms with Gasteiger partial charge in [-0.05, 0) is 37.5 Å². The number of benzene rings is 1. The van der Waals surface area contributed by atoms with Crippen LogP contribution in [0.1, 0.15) is 26.2 Å². The summed E-state index contributed by atoms with van der Waals surface area (Å²) in [4.78, 5) is 4.34. The van der Waals surface area contributed by atoms with Gasteiger partial charge in [0.2, 0.25) is 10.0 Å². The number of piperidine rings is 1. The van der Waals surface area contributed by atoms with Gasteiger partial charge in [-0.25, -0.2) is 22.1 Å². The molecule has 3 rings (SSSR count). The van der Waals surface area contributed by atoms with Gasteiger partial charge in [0.05, 0.1) is 16.0 Å². The van der Waals surface area contributed by atoms with Crippen molar-refractivity contribution in [2.75, 3.05) is 18.8 Å². The van der Waals surface area contributed by atoms with Gasteiger partial charge in [0.15, 0.2) is 0 Å². The van der Waals surface area contributed by atoms with E-state index in [0.717, 1.165) is 4.70 Å². The predicted molar refractivity (Wildman–Crippen MR) is 88.9 cm³/mol. The lowest BCUT2D eigenvalue weighted by Gasteiger charge is -2.30. The second-order valence-corrected chi connectivity index (χ2v) is 8.71. The summed E-state index contributed by atoms with van der Waals surface area (Å²) in [5, 5.41) is 0.514. The van der Waals surface area contributed by atoms with E-state index in [1.54, 1.807) is 10.4 Å². The van der Waals surface area contributed by atoms with Crippen LogP contribution in [0.5, 0.6) is 5.19 Å². The van der Waals surface area contributed by atoms with E-state index in [2.05, 4.69) is 4.98 Å². The van der Waals surface area contributed by atoms with E-state index in [4.69, 9.17) is 4.74 Å². The summed E-state index contributed by atoms with van der Waals surface area (Å²) in [6.45, 7) is 2.82. The maximum absolute atomic E-state index is 13.2. The van der Waals surface area contributed by atoms with Gasteiger partial charge in [0.25, 0.3) is 5.19 Å². The highest BCUT2D eigenvalue weighted by atomic mass is 32.2. The smallest absolute Gasteiger partial charge is 0.274 e. The summed E-state index contributed by atoms with van der Waals surface area (Å²) in [6.07, 6.45) is 1.87. The Hall–Kier alpha value is -1.25. The second-order valence-electron chi connectivity index (χ2n) is 5.62. The number of thiazole rings is 1. The third kappa shape index (κ3) is 3.81. The quantitative estimate of drug-likeness (QED) is 0.824. The molecule has 0 N–H and O–H groups in total. The Morgan fingerprint density at radius 2 is 2.13 bits per heavy atom. The lowest BCUT2D eigenvalue weighted by atomic mass is 10.1. The van der Waals surface area contributed by atoms with Crippen molar-refractivity contribution in [1.82, 2.24) is 9.29 Å². The van der Waals surface area contributed by atoms with Gasteiger partial charge in [-0.2, -0.15) is 0 Å². The number of hydrogen-bond donors (Lipinski definition) is 0. The minimum absolute atomic E-state index is 0.0477. The molecular weight excluding hydrogens is 339 g/mol. The van der Waals surface area contributed by atoms with E-state index in [9.17, 15) is 12.8 Å². The summed E-state index contributed by atoms with van der Waals surface area (Å²) in [7, 11) is -3.13. The highest BCUT2D eigenvalue weighted by Crippen LogP contribution is 2.30. The van der Waals surface area contributed by atoms with E-state index in [1.165, 1.54) is 23.5 Å². The number of hydrogen-bond acceptors (Lipinski definition) is 5. The fraction of sp³-hybridized carbons (Fsp3) is 0.533. The molecule has 5 nitrogen and oxygen atoms in total. The molecule has 2 heterocycles. The molecule has 1 aliphatic rings. The summed E-state index contributed by atoms with van der Waals surface area (Å²) >= 11 is 1.31. The summed E-state index contributed by atoms with van der Waals surface area (Å²) in [6, 6.07) is 4.46. The summed E-state index contributed by atoms with van der Waals surface area (Å²) in [5.41, 5.74) is 0.717. The molecule has 0 unspecified atom stereocenters. The van der Waals surface area contributed by atoms with E-state index >= 15 is 0 Å². The van der Waals surface area contributed by atoms with E-state index in [0.29, 0.717) is 43.1 Å². The molecule has 2 aromatic rings. The molecule has 0 saturated carbocycles. The third-order valence-corrected chi connectivity index (χ3v) is 6.84. The molecule has 0 amide bonds. The highest BCUT2D eigenvalue weighted by molar-refractivity contribution is 7.89. The molecule has 0 bridgehead atoms. The second kappa shape index (κ2) is 6.70. The average Bonchev–Trinajstić information content (AvgIpc) is 2.89. The lowest BCUT2D eigenvalue weighted by Crippen LogP contribution is -2.42. The minimum atomic E-state index is -3.13. The topological polar surface area (TPSA) is 59.5 Å². The molecule has 1 saturated heterocycles. The van der Waals surface area contributed by atoms with Crippen LogP contribution in [0, 0.1) is 5.82 Å². The molecule has 126 valence electrons. The zero-order valence-corrected chi connectivity index (χ0v) is 14.5. The molecule has 1 aromatic heterocycles. The molecule has 8 heteroatoms. The molecule has 23 heavy (non-hydrogen) atoms. The fourth-order valence-electron chi connectivity index (χ4n) is 2.69. The van der Waals surface area contributed by atoms with Crippen molar-refractivity contribution in [2.24, 2.45) is 0 Å². The van der Waals surface area contributed by atoms with Crippen LogP contribution in [-0.2, 0) is 10.0 Å². The lowest BCUT2D eigenvalue weighted by molar-refractivity contribution is 0.135. The maximum Gasteiger partial charge on any atom is 0.274 e. The van der Waals surface area contributed by atoms with Crippen LogP contribution in [0.3, 0.4) is 0 Å². The Balaban J connectivity index is 1.62. The van der Waals surface area contributed by atoms with Crippen molar-refractivity contribution >= 4 is 31.6 Å². The van der Waals surface area contributed by atoms with Crippen molar-refractivity contribution in [3.8, 4) is 5.19 Å². The monoisotopic (exact) mass is 358 g/mol. The average molecular weight is 358 g/mol. The van der Waals surface area contributed by atoms with Gasteiger partial charge in [-0.15, -0.1) is 0 Å². The first-order valence-electron chi connectivity index (χ1n) is 7.68. The SMILES string of the molecule is CCCS(=O)(=O)N1CCC(Oc2nc3ccc(F)cc3s2)CC1. The standard InChI is InChI=1S/C15H19FN2O3S2/c1-2-9-23(19,20)18-7-5-12(6-8-18)21-15-17-13-4-3-11(16)10-14(13)22-15/h3-4,10,12H,2,5-9H2,1H3. The van der Waals surface area contributed by atoms with Gasteiger partial charge in [-0.3, -0.25) is 0 Å². The zero-order valence-electron chi connectivity index (χ0n) is 12.9. The number of ether oxygens (including phenoxy) is 1. The number of aromatic nitrogens is 1. The van der Waals surface area contributed by atoms with Gasteiger partial charge in [0.1, 0.15) is 11.9 Å². The van der Waals surface area contributed by atoms with Crippen LogP contribution in [0.15, 0.2) is 18.2 Å². The van der Waals surface area contributed by atoms with Crippen LogP contribution in [-0.4, -0.2) is 42.7 Å². The van der Waals surface area contributed by atoms with Gasteiger partial charge in [0, 0.05) is 13.1 Å². The van der Waals surface area contributed by atoms with Crippen LogP contribution in [0.4, 0.5) is 4.39 Å². The maximum atomic E-state index is 13.2. The summed E-state index contributed by atoms with van der Waals surface area (Å²) < 4.78 is 45.4. The molecule has 1 aliphatic heterocycles. The van der Waals surface area contributed by atoms with Crippen LogP contribution in [0.2, 0.25) is 0 Å². The Kier molecular flexibility index (Phi) is 4.84. The fourth-order valence-corrected chi connectivity index (χ4v) is 5.13. The molecule has 1 fully saturated rings. The molecule has 0 aliphatic carbocycles. The van der Waals surface area contributed by atoms with Gasteiger partial charge in [-0.1, -0.05) is 18.3 Å². The van der Waals surface area contributed by atoms with E-state index in [1.807, 2.05) is 6.92 Å². The zero-order chi connectivity index (χ0) is 16.4. The first kappa shape index (κ1) is 16.6. The highest BCUT2D eigenvalue weighted by Gasteiger charge is 2.28. The first-order chi connectivity index (χ1) is 11.0. The molecule has 1 aromatic carbocycles. The molecule has 0 atom stereocenters. The Labute approximate surface area is 139 Å². The Bertz CT molecular complexity index is 783. The Morgan fingerprint density at radius 3 is 2.83 bits per heavy atom. The first-order valence-corrected chi connectivity index (χ1v) is 10.1. The van der Waals surface area contributed by atoms with Crippen molar-refractivity contribution in [3.05, 3.63) is 24.0 Å². The van der Waals surface area contributed by atoms with Crippen LogP contribution >= 0.6 is 11.3 Å². The molecule has 0 radical (unpaired) electrons. The number of fused-ring (bicyclic) bond motifs is 1. The van der Waals surface area contributed by atoms with Gasteiger partial charge >= 0.3 is 0 Å². The van der Waals surface area contributed by atoms with E-state index in [-0.39, 0.29) is 17.7 Å². The summed E-state index contributed by atoms with van der Waals surface area (Å²) in [5.74, 6) is -0.0933. The normalized spacial score (nSPS) is 17.7. The number of nitrogens with zero attached hydrogens (tertiary/aromatic N) is 2. The van der Waals surface area contributed by atoms with Gasteiger partial charge < -0.3 is 4.74 Å².